The number of hydrogen-bond acceptors (Lipinski definition) is 3. The largest absolute Gasteiger partial charge is 0.478 e. The molecule has 1 amide bonds. The number of amides is 1. The zero-order valence-electron chi connectivity index (χ0n) is 13.5. The van der Waals surface area contributed by atoms with Crippen LogP contribution in [0.15, 0.2) is 30.3 Å². The Morgan fingerprint density at radius 1 is 1.30 bits per heavy atom. The number of hydrogen-bond donors (Lipinski definition) is 2. The number of rotatable bonds is 6. The van der Waals surface area contributed by atoms with E-state index >= 15 is 0 Å². The predicted octanol–water partition coefficient (Wildman–Crippen LogP) is 2.21. The number of carbonyl (C=O) groups excluding carboxylic acids is 1. The first-order chi connectivity index (χ1) is 10.9. The van der Waals surface area contributed by atoms with E-state index in [1.165, 1.54) is 0 Å². The highest BCUT2D eigenvalue weighted by Gasteiger charge is 2.14. The van der Waals surface area contributed by atoms with Gasteiger partial charge in [0.05, 0.1) is 5.56 Å². The molecule has 2 N–H and O–H groups in total. The molecular formula is C17H21N3O3. The minimum Gasteiger partial charge on any atom is -0.478 e. The lowest BCUT2D eigenvalue weighted by molar-refractivity contribution is 0.0696. The zero-order chi connectivity index (χ0) is 17.0. The van der Waals surface area contributed by atoms with Crippen molar-refractivity contribution >= 4 is 11.9 Å². The summed E-state index contributed by atoms with van der Waals surface area (Å²) in [6.45, 7) is 4.53. The Morgan fingerprint density at radius 3 is 2.65 bits per heavy atom. The lowest BCUT2D eigenvalue weighted by Gasteiger charge is -2.04. The van der Waals surface area contributed by atoms with E-state index in [0.717, 1.165) is 11.3 Å². The van der Waals surface area contributed by atoms with E-state index in [4.69, 9.17) is 5.11 Å². The minimum absolute atomic E-state index is 0.220. The normalized spacial score (nSPS) is 10.8. The van der Waals surface area contributed by atoms with Crippen molar-refractivity contribution in [1.29, 1.82) is 0 Å². The van der Waals surface area contributed by atoms with E-state index in [0.29, 0.717) is 24.6 Å². The van der Waals surface area contributed by atoms with Crippen molar-refractivity contribution in [2.45, 2.75) is 26.2 Å². The molecule has 0 bridgehead atoms. The van der Waals surface area contributed by atoms with Crippen molar-refractivity contribution in [3.8, 4) is 0 Å². The van der Waals surface area contributed by atoms with Gasteiger partial charge in [0.15, 0.2) is 0 Å². The molecule has 0 aliphatic carbocycles. The average Bonchev–Trinajstić information content (AvgIpc) is 2.89. The molecule has 122 valence electrons. The number of aryl methyl sites for hydroxylation is 1. The smallest absolute Gasteiger partial charge is 0.335 e. The lowest BCUT2D eigenvalue weighted by atomic mass is 10.1. The maximum Gasteiger partial charge on any atom is 0.335 e. The Labute approximate surface area is 135 Å². The molecule has 0 aliphatic rings. The highest BCUT2D eigenvalue weighted by molar-refractivity contribution is 5.92. The van der Waals surface area contributed by atoms with Crippen LogP contribution < -0.4 is 5.32 Å². The van der Waals surface area contributed by atoms with Gasteiger partial charge in [-0.3, -0.25) is 9.48 Å². The van der Waals surface area contributed by atoms with Gasteiger partial charge < -0.3 is 10.4 Å². The summed E-state index contributed by atoms with van der Waals surface area (Å²) < 4.78 is 1.72. The van der Waals surface area contributed by atoms with Crippen molar-refractivity contribution < 1.29 is 14.7 Å². The van der Waals surface area contributed by atoms with Gasteiger partial charge in [-0.1, -0.05) is 26.0 Å². The summed E-state index contributed by atoms with van der Waals surface area (Å²) in [5, 5.41) is 16.0. The van der Waals surface area contributed by atoms with Gasteiger partial charge in [-0.2, -0.15) is 5.10 Å². The van der Waals surface area contributed by atoms with Crippen LogP contribution in [0.5, 0.6) is 0 Å². The number of carboxylic acids is 1. The summed E-state index contributed by atoms with van der Waals surface area (Å²) in [5.41, 5.74) is 2.52. The van der Waals surface area contributed by atoms with Gasteiger partial charge >= 0.3 is 5.97 Å². The molecule has 2 aromatic rings. The molecule has 0 aliphatic heterocycles. The van der Waals surface area contributed by atoms with Crippen LogP contribution in [0.2, 0.25) is 0 Å². The number of aromatic nitrogens is 2. The zero-order valence-corrected chi connectivity index (χ0v) is 13.5. The highest BCUT2D eigenvalue weighted by atomic mass is 16.4. The fourth-order valence-electron chi connectivity index (χ4n) is 2.40. The number of carbonyl (C=O) groups is 2. The SMILES string of the molecule is CC(C)c1cc(C(=O)NCCc2cccc(C(=O)O)c2)nn1C. The Balaban J connectivity index is 1.93. The molecule has 0 spiro atoms. The lowest BCUT2D eigenvalue weighted by Crippen LogP contribution is -2.26. The third-order valence-electron chi connectivity index (χ3n) is 3.61. The van der Waals surface area contributed by atoms with Crippen LogP contribution in [-0.2, 0) is 13.5 Å². The maximum absolute atomic E-state index is 12.1. The highest BCUT2D eigenvalue weighted by Crippen LogP contribution is 2.14. The van der Waals surface area contributed by atoms with E-state index in [1.54, 1.807) is 28.9 Å². The predicted molar refractivity (Wildman–Crippen MR) is 86.7 cm³/mol. The van der Waals surface area contributed by atoms with Gasteiger partial charge in [0.1, 0.15) is 5.69 Å². The van der Waals surface area contributed by atoms with Gasteiger partial charge in [-0.25, -0.2) is 4.79 Å². The summed E-state index contributed by atoms with van der Waals surface area (Å²) in [7, 11) is 1.82. The van der Waals surface area contributed by atoms with Gasteiger partial charge in [-0.05, 0) is 36.1 Å². The van der Waals surface area contributed by atoms with Crippen LogP contribution in [0.3, 0.4) is 0 Å². The van der Waals surface area contributed by atoms with Crippen molar-refractivity contribution in [2.24, 2.45) is 7.05 Å². The van der Waals surface area contributed by atoms with E-state index in [1.807, 2.05) is 27.0 Å². The number of carboxylic acid groups (broad SMARTS) is 1. The second-order valence-corrected chi connectivity index (χ2v) is 5.74. The Morgan fingerprint density at radius 2 is 2.04 bits per heavy atom. The molecule has 1 aromatic heterocycles. The second kappa shape index (κ2) is 7.09. The second-order valence-electron chi connectivity index (χ2n) is 5.74. The molecule has 0 atom stereocenters. The molecule has 1 aromatic carbocycles. The number of nitrogens with one attached hydrogen (secondary N) is 1. The van der Waals surface area contributed by atoms with Gasteiger partial charge in [0.25, 0.3) is 5.91 Å². The van der Waals surface area contributed by atoms with Crippen LogP contribution in [0.25, 0.3) is 0 Å². The van der Waals surface area contributed by atoms with E-state index in [9.17, 15) is 9.59 Å². The Kier molecular flexibility index (Phi) is 5.16. The quantitative estimate of drug-likeness (QED) is 0.856. The molecule has 6 heteroatoms. The van der Waals surface area contributed by atoms with Gasteiger partial charge in [0.2, 0.25) is 0 Å². The summed E-state index contributed by atoms with van der Waals surface area (Å²) in [6.07, 6.45) is 0.566. The van der Waals surface area contributed by atoms with E-state index in [2.05, 4.69) is 10.4 Å². The molecule has 6 nitrogen and oxygen atoms in total. The van der Waals surface area contributed by atoms with Gasteiger partial charge in [0, 0.05) is 19.3 Å². The molecule has 0 radical (unpaired) electrons. The van der Waals surface area contributed by atoms with Gasteiger partial charge in [-0.15, -0.1) is 0 Å². The number of benzene rings is 1. The number of aromatic carboxylic acids is 1. The first-order valence-electron chi connectivity index (χ1n) is 7.53. The monoisotopic (exact) mass is 315 g/mol. The summed E-state index contributed by atoms with van der Waals surface area (Å²) in [5.74, 6) is -0.875. The van der Waals surface area contributed by atoms with Crippen molar-refractivity contribution in [1.82, 2.24) is 15.1 Å². The molecule has 0 saturated heterocycles. The molecule has 0 saturated carbocycles. The Hall–Kier alpha value is -2.63. The molecule has 1 heterocycles. The van der Waals surface area contributed by atoms with Crippen molar-refractivity contribution in [2.75, 3.05) is 6.54 Å². The van der Waals surface area contributed by atoms with Crippen LogP contribution in [0, 0.1) is 0 Å². The summed E-state index contributed by atoms with van der Waals surface area (Å²) >= 11 is 0. The third-order valence-corrected chi connectivity index (χ3v) is 3.61. The topological polar surface area (TPSA) is 84.2 Å². The van der Waals surface area contributed by atoms with Crippen molar-refractivity contribution in [3.63, 3.8) is 0 Å². The summed E-state index contributed by atoms with van der Waals surface area (Å²) in [6, 6.07) is 8.51. The fourth-order valence-corrected chi connectivity index (χ4v) is 2.40. The molecule has 0 unspecified atom stereocenters. The molecule has 23 heavy (non-hydrogen) atoms. The number of nitrogens with zero attached hydrogens (tertiary/aromatic N) is 2. The summed E-state index contributed by atoms with van der Waals surface area (Å²) in [4.78, 5) is 23.0. The molecule has 2 rings (SSSR count). The first-order valence-corrected chi connectivity index (χ1v) is 7.53. The van der Waals surface area contributed by atoms with E-state index < -0.39 is 5.97 Å². The van der Waals surface area contributed by atoms with Crippen LogP contribution in [-0.4, -0.2) is 33.3 Å². The third kappa shape index (κ3) is 4.18. The molecular weight excluding hydrogens is 294 g/mol. The fraction of sp³-hybridized carbons (Fsp3) is 0.353. The van der Waals surface area contributed by atoms with Crippen molar-refractivity contribution in [3.05, 3.63) is 52.8 Å². The minimum atomic E-state index is -0.953. The van der Waals surface area contributed by atoms with E-state index in [-0.39, 0.29) is 11.5 Å². The average molecular weight is 315 g/mol. The maximum atomic E-state index is 12.1. The van der Waals surface area contributed by atoms with Crippen LogP contribution in [0.1, 0.15) is 51.9 Å². The first kappa shape index (κ1) is 16.7. The van der Waals surface area contributed by atoms with Crippen LogP contribution in [0.4, 0.5) is 0 Å². The van der Waals surface area contributed by atoms with Crippen LogP contribution >= 0.6 is 0 Å². The molecule has 0 fully saturated rings. The standard InChI is InChI=1S/C17H21N3O3/c1-11(2)15-10-14(19-20(15)3)16(21)18-8-7-12-5-4-6-13(9-12)17(22)23/h4-6,9-11H,7-8H2,1-3H3,(H,18,21)(H,22,23). The Bertz CT molecular complexity index is 720.